The van der Waals surface area contributed by atoms with E-state index < -0.39 is 5.41 Å². The number of aromatic nitrogens is 1. The summed E-state index contributed by atoms with van der Waals surface area (Å²) in [4.78, 5) is 17.0. The number of hydrogen-bond donors (Lipinski definition) is 2. The molecule has 0 radical (unpaired) electrons. The highest BCUT2D eigenvalue weighted by molar-refractivity contribution is 5.99. The predicted octanol–water partition coefficient (Wildman–Crippen LogP) is 2.77. The fraction of sp³-hybridized carbons (Fsp3) is 0.294. The minimum Gasteiger partial charge on any atom is -0.384 e. The third kappa shape index (κ3) is 3.63. The van der Waals surface area contributed by atoms with Crippen molar-refractivity contribution in [3.63, 3.8) is 0 Å². The first-order chi connectivity index (χ1) is 10.7. The number of amides is 1. The van der Waals surface area contributed by atoms with E-state index in [0.29, 0.717) is 37.6 Å². The summed E-state index contributed by atoms with van der Waals surface area (Å²) in [6, 6.07) is 13.3. The summed E-state index contributed by atoms with van der Waals surface area (Å²) in [5.41, 5.74) is 6.70. The number of anilines is 2. The highest BCUT2D eigenvalue weighted by Crippen LogP contribution is 2.36. The Hall–Kier alpha value is -2.11. The second-order valence-electron chi connectivity index (χ2n) is 5.49. The first-order valence-electron chi connectivity index (χ1n) is 7.37. The number of hydrogen-bond acceptors (Lipinski definition) is 4. The van der Waals surface area contributed by atoms with Crippen LogP contribution in [0.25, 0.3) is 0 Å². The van der Waals surface area contributed by atoms with Crippen LogP contribution in [0.2, 0.25) is 0 Å². The molecule has 0 unspecified atom stereocenters. The number of halogens is 1. The minimum absolute atomic E-state index is 0. The molecule has 1 aliphatic rings. The molecule has 6 heteroatoms. The quantitative estimate of drug-likeness (QED) is 0.905. The van der Waals surface area contributed by atoms with Crippen LogP contribution < -0.4 is 11.1 Å². The molecule has 0 bridgehead atoms. The van der Waals surface area contributed by atoms with Crippen molar-refractivity contribution in [3.8, 4) is 0 Å². The molecule has 23 heavy (non-hydrogen) atoms. The highest BCUT2D eigenvalue weighted by Gasteiger charge is 2.41. The van der Waals surface area contributed by atoms with Crippen LogP contribution in [-0.4, -0.2) is 24.1 Å². The number of ether oxygens (including phenoxy) is 1. The molecular weight excluding hydrogens is 314 g/mol. The van der Waals surface area contributed by atoms with E-state index in [1.165, 1.54) is 0 Å². The normalized spacial score (nSPS) is 16.2. The van der Waals surface area contributed by atoms with E-state index in [1.54, 1.807) is 18.3 Å². The van der Waals surface area contributed by atoms with E-state index in [0.717, 1.165) is 5.56 Å². The van der Waals surface area contributed by atoms with Gasteiger partial charge in [-0.2, -0.15) is 0 Å². The van der Waals surface area contributed by atoms with Gasteiger partial charge in [-0.25, -0.2) is 4.98 Å². The Kier molecular flexibility index (Phi) is 5.58. The van der Waals surface area contributed by atoms with Crippen LogP contribution >= 0.6 is 12.4 Å². The van der Waals surface area contributed by atoms with Gasteiger partial charge in [-0.3, -0.25) is 4.79 Å². The summed E-state index contributed by atoms with van der Waals surface area (Å²) in [5.74, 6) is 0.412. The van der Waals surface area contributed by atoms with Gasteiger partial charge in [-0.15, -0.1) is 12.4 Å². The molecule has 0 spiro atoms. The Balaban J connectivity index is 0.00000192. The van der Waals surface area contributed by atoms with Crippen molar-refractivity contribution in [3.05, 3.63) is 54.2 Å². The highest BCUT2D eigenvalue weighted by atomic mass is 35.5. The van der Waals surface area contributed by atoms with Crippen LogP contribution in [0.3, 0.4) is 0 Å². The molecule has 0 aliphatic carbocycles. The average Bonchev–Trinajstić information content (AvgIpc) is 2.58. The zero-order valence-corrected chi connectivity index (χ0v) is 13.5. The number of nitrogens with zero attached hydrogens (tertiary/aromatic N) is 1. The van der Waals surface area contributed by atoms with Crippen LogP contribution in [0.5, 0.6) is 0 Å². The Morgan fingerprint density at radius 2 is 1.83 bits per heavy atom. The van der Waals surface area contributed by atoms with Crippen molar-refractivity contribution >= 4 is 29.8 Å². The third-order valence-electron chi connectivity index (χ3n) is 4.15. The molecule has 1 aromatic carbocycles. The lowest BCUT2D eigenvalue weighted by Gasteiger charge is -2.36. The van der Waals surface area contributed by atoms with Crippen molar-refractivity contribution in [1.82, 2.24) is 4.98 Å². The van der Waals surface area contributed by atoms with Gasteiger partial charge in [0.2, 0.25) is 5.91 Å². The molecule has 0 saturated carbocycles. The molecule has 5 nitrogen and oxygen atoms in total. The summed E-state index contributed by atoms with van der Waals surface area (Å²) in [6.45, 7) is 1.17. The van der Waals surface area contributed by atoms with Gasteiger partial charge >= 0.3 is 0 Å². The lowest BCUT2D eigenvalue weighted by molar-refractivity contribution is -0.125. The number of carbonyl (C=O) groups excluding carboxylic acids is 1. The Morgan fingerprint density at radius 3 is 2.43 bits per heavy atom. The van der Waals surface area contributed by atoms with Gasteiger partial charge in [0.1, 0.15) is 5.82 Å². The van der Waals surface area contributed by atoms with Gasteiger partial charge in [0, 0.05) is 13.2 Å². The van der Waals surface area contributed by atoms with Crippen LogP contribution in [0.1, 0.15) is 18.4 Å². The van der Waals surface area contributed by atoms with Crippen molar-refractivity contribution in [2.45, 2.75) is 18.3 Å². The van der Waals surface area contributed by atoms with Gasteiger partial charge in [0.05, 0.1) is 17.3 Å². The number of benzene rings is 1. The average molecular weight is 334 g/mol. The fourth-order valence-electron chi connectivity index (χ4n) is 2.85. The van der Waals surface area contributed by atoms with Crippen molar-refractivity contribution in [1.29, 1.82) is 0 Å². The predicted molar refractivity (Wildman–Crippen MR) is 92.7 cm³/mol. The zero-order chi connectivity index (χ0) is 15.4. The van der Waals surface area contributed by atoms with Crippen LogP contribution in [-0.2, 0) is 14.9 Å². The van der Waals surface area contributed by atoms with E-state index in [2.05, 4.69) is 10.3 Å². The Labute approximate surface area is 141 Å². The number of rotatable bonds is 3. The van der Waals surface area contributed by atoms with Gasteiger partial charge in [0.15, 0.2) is 0 Å². The van der Waals surface area contributed by atoms with Gasteiger partial charge in [-0.1, -0.05) is 30.3 Å². The fourth-order valence-corrected chi connectivity index (χ4v) is 2.85. The maximum atomic E-state index is 12.9. The van der Waals surface area contributed by atoms with E-state index in [-0.39, 0.29) is 18.3 Å². The third-order valence-corrected chi connectivity index (χ3v) is 4.15. The zero-order valence-electron chi connectivity index (χ0n) is 12.7. The smallest absolute Gasteiger partial charge is 0.235 e. The molecule has 0 atom stereocenters. The number of pyridine rings is 1. The van der Waals surface area contributed by atoms with Gasteiger partial charge in [0.25, 0.3) is 0 Å². The van der Waals surface area contributed by atoms with Crippen LogP contribution in [0.15, 0.2) is 48.7 Å². The number of carbonyl (C=O) groups is 1. The molecule has 122 valence electrons. The van der Waals surface area contributed by atoms with Crippen LogP contribution in [0.4, 0.5) is 11.5 Å². The number of nitrogens with two attached hydrogens (primary N) is 1. The standard InChI is InChI=1S/C17H19N3O2.ClH/c18-15-7-6-14(12-19-15)20-16(21)17(8-10-22-11-9-17)13-4-2-1-3-5-13;/h1-7,12H,8-11H2,(H2,18,19)(H,20,21);1H. The summed E-state index contributed by atoms with van der Waals surface area (Å²) < 4.78 is 5.45. The van der Waals surface area contributed by atoms with Crippen molar-refractivity contribution < 1.29 is 9.53 Å². The summed E-state index contributed by atoms with van der Waals surface area (Å²) in [5, 5.41) is 2.97. The minimum atomic E-state index is -0.555. The number of nitrogens with one attached hydrogen (secondary N) is 1. The van der Waals surface area contributed by atoms with Crippen molar-refractivity contribution in [2.75, 3.05) is 24.3 Å². The monoisotopic (exact) mass is 333 g/mol. The molecule has 1 aromatic heterocycles. The van der Waals surface area contributed by atoms with E-state index in [9.17, 15) is 4.79 Å². The van der Waals surface area contributed by atoms with Gasteiger partial charge in [-0.05, 0) is 30.5 Å². The topological polar surface area (TPSA) is 77.2 Å². The largest absolute Gasteiger partial charge is 0.384 e. The van der Waals surface area contributed by atoms with E-state index >= 15 is 0 Å². The second-order valence-corrected chi connectivity index (χ2v) is 5.49. The van der Waals surface area contributed by atoms with E-state index in [4.69, 9.17) is 10.5 Å². The van der Waals surface area contributed by atoms with Crippen molar-refractivity contribution in [2.24, 2.45) is 0 Å². The summed E-state index contributed by atoms with van der Waals surface area (Å²) in [6.07, 6.45) is 2.92. The summed E-state index contributed by atoms with van der Waals surface area (Å²) in [7, 11) is 0. The maximum absolute atomic E-state index is 12.9. The van der Waals surface area contributed by atoms with Crippen LogP contribution in [0, 0.1) is 0 Å². The molecule has 2 heterocycles. The first-order valence-corrected chi connectivity index (χ1v) is 7.37. The Morgan fingerprint density at radius 1 is 1.13 bits per heavy atom. The lowest BCUT2D eigenvalue weighted by Crippen LogP contribution is -2.44. The molecule has 3 N–H and O–H groups in total. The molecule has 1 fully saturated rings. The van der Waals surface area contributed by atoms with Gasteiger partial charge < -0.3 is 15.8 Å². The Bertz CT molecular complexity index is 641. The maximum Gasteiger partial charge on any atom is 0.235 e. The summed E-state index contributed by atoms with van der Waals surface area (Å²) >= 11 is 0. The SMILES string of the molecule is Cl.Nc1ccc(NC(=O)C2(c3ccccc3)CCOCC2)cn1. The molecular formula is C17H20ClN3O2. The molecule has 1 saturated heterocycles. The second kappa shape index (κ2) is 7.44. The first kappa shape index (κ1) is 17.2. The molecule has 3 rings (SSSR count). The molecule has 2 aromatic rings. The number of nitrogen functional groups attached to an aromatic ring is 1. The molecule has 1 amide bonds. The van der Waals surface area contributed by atoms with E-state index in [1.807, 2.05) is 30.3 Å². The lowest BCUT2D eigenvalue weighted by atomic mass is 9.73. The molecule has 1 aliphatic heterocycles.